The Kier molecular flexibility index (Phi) is 6.51. The minimum atomic E-state index is -0.571. The molecule has 2 heterocycles. The van der Waals surface area contributed by atoms with Crippen LogP contribution in [0, 0.1) is 11.8 Å². The van der Waals surface area contributed by atoms with Crippen molar-refractivity contribution in [2.75, 3.05) is 13.3 Å². The molecule has 3 aromatic rings. The maximum atomic E-state index is 13.3. The van der Waals surface area contributed by atoms with Gasteiger partial charge in [-0.1, -0.05) is 110 Å². The van der Waals surface area contributed by atoms with E-state index in [1.165, 1.54) is 27.1 Å². The summed E-state index contributed by atoms with van der Waals surface area (Å²) in [4.78, 5) is 13.3. The molecule has 3 aromatic carbocycles. The van der Waals surface area contributed by atoms with Crippen LogP contribution in [0.5, 0.6) is 0 Å². The molecule has 2 nitrogen and oxygen atoms in total. The first-order valence-corrected chi connectivity index (χ1v) is 14.6. The van der Waals surface area contributed by atoms with Crippen molar-refractivity contribution in [2.24, 2.45) is 11.8 Å². The van der Waals surface area contributed by atoms with E-state index in [0.29, 0.717) is 11.6 Å². The number of ether oxygens (including phenoxy) is 1. The van der Waals surface area contributed by atoms with Gasteiger partial charge in [-0.2, -0.15) is 0 Å². The third kappa shape index (κ3) is 3.99. The van der Waals surface area contributed by atoms with Crippen LogP contribution in [0.3, 0.4) is 0 Å². The summed E-state index contributed by atoms with van der Waals surface area (Å²) in [5.74, 6) is 0.204. The second-order valence-electron chi connectivity index (χ2n) is 8.99. The van der Waals surface area contributed by atoms with Crippen LogP contribution in [-0.2, 0) is 9.53 Å². The molecule has 1 saturated heterocycles. The number of rotatable bonds is 6. The number of benzene rings is 3. The SMILES string of the molecule is COC(=O)[C@H]1C2C(C)=C(C)C([C@@H]1CP(c1ccccc1)c1ccccc1)P2c1ccccc1. The Hall–Kier alpha value is -2.27. The predicted octanol–water partition coefficient (Wildman–Crippen LogP) is 5.43. The second-order valence-corrected chi connectivity index (χ2v) is 13.7. The monoisotopic (exact) mass is 472 g/mol. The molecule has 33 heavy (non-hydrogen) atoms. The molecule has 0 radical (unpaired) electrons. The lowest BCUT2D eigenvalue weighted by Crippen LogP contribution is -2.38. The minimum Gasteiger partial charge on any atom is -0.469 e. The van der Waals surface area contributed by atoms with E-state index >= 15 is 0 Å². The lowest BCUT2D eigenvalue weighted by Gasteiger charge is -2.33. The fraction of sp³-hybridized carbons (Fsp3) is 0.276. The van der Waals surface area contributed by atoms with E-state index in [-0.39, 0.29) is 17.5 Å². The van der Waals surface area contributed by atoms with E-state index in [0.717, 1.165) is 6.16 Å². The number of carbonyl (C=O) groups is 1. The summed E-state index contributed by atoms with van der Waals surface area (Å²) < 4.78 is 5.43. The van der Waals surface area contributed by atoms with Crippen LogP contribution in [0.15, 0.2) is 102 Å². The Bertz CT molecular complexity index is 1100. The molecule has 168 valence electrons. The summed E-state index contributed by atoms with van der Waals surface area (Å²) >= 11 is 0. The summed E-state index contributed by atoms with van der Waals surface area (Å²) in [5, 5.41) is 4.18. The molecular formula is C29H30O2P2. The van der Waals surface area contributed by atoms with Crippen LogP contribution in [0.25, 0.3) is 0 Å². The van der Waals surface area contributed by atoms with Crippen LogP contribution >= 0.6 is 15.8 Å². The number of methoxy groups -OCH3 is 1. The number of hydrogen-bond acceptors (Lipinski definition) is 2. The van der Waals surface area contributed by atoms with Gasteiger partial charge in [0, 0.05) is 11.3 Å². The van der Waals surface area contributed by atoms with Gasteiger partial charge in [0.05, 0.1) is 13.0 Å². The van der Waals surface area contributed by atoms with Gasteiger partial charge in [0.15, 0.2) is 0 Å². The van der Waals surface area contributed by atoms with Crippen LogP contribution < -0.4 is 15.9 Å². The number of carbonyl (C=O) groups excluding carboxylic acids is 1. The molecule has 4 heteroatoms. The Labute approximate surface area is 199 Å². The van der Waals surface area contributed by atoms with Crippen molar-refractivity contribution in [1.82, 2.24) is 0 Å². The Morgan fingerprint density at radius 3 is 1.79 bits per heavy atom. The highest BCUT2D eigenvalue weighted by molar-refractivity contribution is 7.73. The van der Waals surface area contributed by atoms with Crippen molar-refractivity contribution in [2.45, 2.75) is 25.2 Å². The van der Waals surface area contributed by atoms with E-state index in [1.807, 2.05) is 0 Å². The molecule has 0 N–H and O–H groups in total. The molecule has 0 saturated carbocycles. The molecule has 0 spiro atoms. The zero-order chi connectivity index (χ0) is 22.9. The molecule has 1 fully saturated rings. The summed E-state index contributed by atoms with van der Waals surface area (Å²) in [6, 6.07) is 32.7. The lowest BCUT2D eigenvalue weighted by molar-refractivity contribution is -0.146. The zero-order valence-corrected chi connectivity index (χ0v) is 21.2. The van der Waals surface area contributed by atoms with E-state index in [4.69, 9.17) is 4.74 Å². The average molecular weight is 473 g/mol. The number of allylic oxidation sites excluding steroid dienone is 2. The summed E-state index contributed by atoms with van der Waals surface area (Å²) in [6.07, 6.45) is 1.01. The topological polar surface area (TPSA) is 26.3 Å². The zero-order valence-electron chi connectivity index (χ0n) is 19.4. The standard InChI is InChI=1S/C29H30O2P2/c1-20-21(2)28-26(29(30)31-3)25(27(20)33(28)24-17-11-6-12-18-24)19-32(22-13-7-4-8-14-22)23-15-9-5-10-16-23/h4-18,25-28H,19H2,1-3H3/t25-,26-,27?,28?,33?/m1/s1. The molecule has 5 rings (SSSR count). The predicted molar refractivity (Wildman–Crippen MR) is 142 cm³/mol. The van der Waals surface area contributed by atoms with E-state index in [9.17, 15) is 4.79 Å². The highest BCUT2D eigenvalue weighted by Crippen LogP contribution is 2.70. The largest absolute Gasteiger partial charge is 0.469 e. The number of fused-ring (bicyclic) bond motifs is 2. The normalized spacial score (nSPS) is 26.1. The third-order valence-electron chi connectivity index (χ3n) is 7.37. The minimum absolute atomic E-state index is 0.0288. The first kappa shape index (κ1) is 22.5. The molecular weight excluding hydrogens is 442 g/mol. The van der Waals surface area contributed by atoms with E-state index in [2.05, 4.69) is 105 Å². The van der Waals surface area contributed by atoms with Crippen molar-refractivity contribution in [1.29, 1.82) is 0 Å². The molecule has 0 amide bonds. The Balaban J connectivity index is 1.60. The van der Waals surface area contributed by atoms with Gasteiger partial charge in [-0.3, -0.25) is 4.79 Å². The van der Waals surface area contributed by atoms with Gasteiger partial charge in [-0.15, -0.1) is 0 Å². The van der Waals surface area contributed by atoms with Crippen LogP contribution in [-0.4, -0.2) is 30.6 Å². The lowest BCUT2D eigenvalue weighted by atomic mass is 9.77. The molecule has 2 aliphatic rings. The Morgan fingerprint density at radius 2 is 1.27 bits per heavy atom. The molecule has 2 bridgehead atoms. The molecule has 3 unspecified atom stereocenters. The maximum absolute atomic E-state index is 13.3. The summed E-state index contributed by atoms with van der Waals surface area (Å²) in [6.45, 7) is 4.56. The molecule has 2 aliphatic heterocycles. The van der Waals surface area contributed by atoms with Crippen molar-refractivity contribution < 1.29 is 9.53 Å². The van der Waals surface area contributed by atoms with Crippen molar-refractivity contribution in [3.8, 4) is 0 Å². The van der Waals surface area contributed by atoms with Crippen LogP contribution in [0.2, 0.25) is 0 Å². The fourth-order valence-corrected chi connectivity index (χ4v) is 12.8. The van der Waals surface area contributed by atoms with Gasteiger partial charge in [-0.25, -0.2) is 0 Å². The van der Waals surface area contributed by atoms with Gasteiger partial charge in [0.1, 0.15) is 0 Å². The molecule has 5 atom stereocenters. The first-order valence-electron chi connectivity index (χ1n) is 11.6. The maximum Gasteiger partial charge on any atom is 0.309 e. The average Bonchev–Trinajstić information content (AvgIpc) is 3.34. The summed E-state index contributed by atoms with van der Waals surface area (Å²) in [7, 11) is 0.504. The molecule has 0 aliphatic carbocycles. The van der Waals surface area contributed by atoms with E-state index < -0.39 is 15.8 Å². The number of hydrogen-bond donors (Lipinski definition) is 0. The van der Waals surface area contributed by atoms with E-state index in [1.54, 1.807) is 7.11 Å². The van der Waals surface area contributed by atoms with Gasteiger partial charge >= 0.3 is 5.97 Å². The van der Waals surface area contributed by atoms with Gasteiger partial charge in [0.2, 0.25) is 0 Å². The highest BCUT2D eigenvalue weighted by atomic mass is 31.1. The number of esters is 1. The second kappa shape index (κ2) is 9.54. The smallest absolute Gasteiger partial charge is 0.309 e. The van der Waals surface area contributed by atoms with Gasteiger partial charge in [-0.05, 0) is 49.8 Å². The summed E-state index contributed by atoms with van der Waals surface area (Å²) in [5.41, 5.74) is 3.66. The fourth-order valence-electron chi connectivity index (χ4n) is 5.82. The first-order chi connectivity index (χ1) is 16.1. The van der Waals surface area contributed by atoms with Crippen molar-refractivity contribution in [3.63, 3.8) is 0 Å². The Morgan fingerprint density at radius 1 is 0.788 bits per heavy atom. The van der Waals surface area contributed by atoms with Crippen LogP contribution in [0.1, 0.15) is 13.8 Å². The quantitative estimate of drug-likeness (QED) is 0.272. The van der Waals surface area contributed by atoms with Gasteiger partial charge < -0.3 is 4.74 Å². The van der Waals surface area contributed by atoms with Crippen LogP contribution in [0.4, 0.5) is 0 Å². The van der Waals surface area contributed by atoms with Crippen molar-refractivity contribution >= 4 is 37.7 Å². The molecule has 0 aromatic heterocycles. The third-order valence-corrected chi connectivity index (χ3v) is 13.6. The highest BCUT2D eigenvalue weighted by Gasteiger charge is 2.59. The van der Waals surface area contributed by atoms with Crippen molar-refractivity contribution in [3.05, 3.63) is 102 Å². The van der Waals surface area contributed by atoms with Gasteiger partial charge in [0.25, 0.3) is 0 Å².